The highest BCUT2D eigenvalue weighted by atomic mass is 35.5. The van der Waals surface area contributed by atoms with Crippen molar-refractivity contribution in [3.05, 3.63) is 88.2 Å². The van der Waals surface area contributed by atoms with Gasteiger partial charge in [-0.25, -0.2) is 4.98 Å². The van der Waals surface area contributed by atoms with E-state index in [4.69, 9.17) is 26.1 Å². The lowest BCUT2D eigenvalue weighted by Gasteiger charge is -2.27. The quantitative estimate of drug-likeness (QED) is 0.169. The van der Waals surface area contributed by atoms with E-state index in [1.165, 1.54) is 37.5 Å². The molecular weight excluding hydrogens is 560 g/mol. The molecule has 7 nitrogen and oxygen atoms in total. The predicted octanol–water partition coefficient (Wildman–Crippen LogP) is 7.43. The first-order chi connectivity index (χ1) is 20.9. The van der Waals surface area contributed by atoms with Gasteiger partial charge in [0.25, 0.3) is 5.91 Å². The lowest BCUT2D eigenvalue weighted by molar-refractivity contribution is 0.0729. The van der Waals surface area contributed by atoms with E-state index < -0.39 is 0 Å². The van der Waals surface area contributed by atoms with E-state index in [0.29, 0.717) is 42.6 Å². The molecule has 0 N–H and O–H groups in total. The molecule has 3 aromatic carbocycles. The Labute approximate surface area is 260 Å². The van der Waals surface area contributed by atoms with Gasteiger partial charge in [0.15, 0.2) is 11.5 Å². The standard InChI is InChI=1S/C35H43ClN4O3/c1-25(2)18-21-39(35(41)28-16-17-31(42-3)34(43-4)33(28)36)24-32-37-29-14-8-9-15-30(29)40(32)23-27-13-7-6-12-26(27)22-38-19-10-5-11-20-38/h6-9,12-17,25H,5,10-11,18-24H2,1-4H3. The maximum Gasteiger partial charge on any atom is 0.255 e. The average Bonchev–Trinajstić information content (AvgIpc) is 3.36. The van der Waals surface area contributed by atoms with Crippen LogP contribution in [0.5, 0.6) is 11.5 Å². The van der Waals surface area contributed by atoms with Crippen LogP contribution in [0.15, 0.2) is 60.7 Å². The number of benzene rings is 3. The molecule has 1 saturated heterocycles. The molecule has 228 valence electrons. The second-order valence-corrected chi connectivity index (χ2v) is 12.2. The number of carbonyl (C=O) groups is 1. The zero-order valence-electron chi connectivity index (χ0n) is 25.8. The maximum absolute atomic E-state index is 14.1. The first kappa shape index (κ1) is 30.9. The van der Waals surface area contributed by atoms with E-state index in [-0.39, 0.29) is 10.9 Å². The normalized spacial score (nSPS) is 13.9. The molecule has 0 bridgehead atoms. The summed E-state index contributed by atoms with van der Waals surface area (Å²) in [6.45, 7) is 9.22. The number of halogens is 1. The van der Waals surface area contributed by atoms with Crippen LogP contribution in [-0.2, 0) is 19.6 Å². The van der Waals surface area contributed by atoms with Crippen molar-refractivity contribution >= 4 is 28.5 Å². The van der Waals surface area contributed by atoms with E-state index in [1.807, 2.05) is 17.0 Å². The van der Waals surface area contributed by atoms with Crippen molar-refractivity contribution in [1.82, 2.24) is 19.4 Å². The third-order valence-corrected chi connectivity index (χ3v) is 8.71. The number of methoxy groups -OCH3 is 2. The molecule has 0 spiro atoms. The van der Waals surface area contributed by atoms with Crippen LogP contribution in [0.3, 0.4) is 0 Å². The first-order valence-corrected chi connectivity index (χ1v) is 15.7. The van der Waals surface area contributed by atoms with Crippen molar-refractivity contribution in [2.24, 2.45) is 5.92 Å². The molecule has 1 aliphatic rings. The van der Waals surface area contributed by atoms with E-state index >= 15 is 0 Å². The Morgan fingerprint density at radius 3 is 2.33 bits per heavy atom. The Kier molecular flexibility index (Phi) is 10.3. The summed E-state index contributed by atoms with van der Waals surface area (Å²) in [5.74, 6) is 1.97. The average molecular weight is 603 g/mol. The van der Waals surface area contributed by atoms with E-state index in [1.54, 1.807) is 19.2 Å². The number of imidazole rings is 1. The molecule has 5 rings (SSSR count). The van der Waals surface area contributed by atoms with Crippen molar-refractivity contribution in [2.75, 3.05) is 33.9 Å². The second kappa shape index (κ2) is 14.3. The van der Waals surface area contributed by atoms with Crippen LogP contribution in [0, 0.1) is 5.92 Å². The molecule has 1 aliphatic heterocycles. The van der Waals surface area contributed by atoms with Gasteiger partial charge < -0.3 is 18.9 Å². The summed E-state index contributed by atoms with van der Waals surface area (Å²) in [6, 6.07) is 20.4. The van der Waals surface area contributed by atoms with Gasteiger partial charge in [0.05, 0.1) is 42.4 Å². The van der Waals surface area contributed by atoms with Crippen molar-refractivity contribution < 1.29 is 14.3 Å². The van der Waals surface area contributed by atoms with Crippen molar-refractivity contribution in [1.29, 1.82) is 0 Å². The number of carbonyl (C=O) groups excluding carboxylic acids is 1. The van der Waals surface area contributed by atoms with Crippen molar-refractivity contribution in [3.8, 4) is 11.5 Å². The number of likely N-dealkylation sites (tertiary alicyclic amines) is 1. The number of hydrogen-bond donors (Lipinski definition) is 0. The van der Waals surface area contributed by atoms with Crippen LogP contribution in [0.25, 0.3) is 11.0 Å². The summed E-state index contributed by atoms with van der Waals surface area (Å²) >= 11 is 6.72. The van der Waals surface area contributed by atoms with Gasteiger partial charge in [-0.1, -0.05) is 68.3 Å². The lowest BCUT2D eigenvalue weighted by Crippen LogP contribution is -2.33. The van der Waals surface area contributed by atoms with Crippen molar-refractivity contribution in [2.45, 2.75) is 59.2 Å². The Hall–Kier alpha value is -3.55. The maximum atomic E-state index is 14.1. The molecule has 2 heterocycles. The van der Waals surface area contributed by atoms with E-state index in [2.05, 4.69) is 59.7 Å². The minimum atomic E-state index is -0.157. The summed E-state index contributed by atoms with van der Waals surface area (Å²) < 4.78 is 13.2. The van der Waals surface area contributed by atoms with Gasteiger partial charge in [0, 0.05) is 19.6 Å². The third kappa shape index (κ3) is 7.16. The van der Waals surface area contributed by atoms with Gasteiger partial charge in [-0.05, 0) is 73.7 Å². The summed E-state index contributed by atoms with van der Waals surface area (Å²) in [5.41, 5.74) is 4.99. The molecule has 1 aromatic heterocycles. The fraction of sp³-hybridized carbons (Fsp3) is 0.429. The number of piperidine rings is 1. The molecule has 0 unspecified atom stereocenters. The monoisotopic (exact) mass is 602 g/mol. The molecule has 0 atom stereocenters. The highest BCUT2D eigenvalue weighted by molar-refractivity contribution is 6.35. The lowest BCUT2D eigenvalue weighted by atomic mass is 10.0. The van der Waals surface area contributed by atoms with E-state index in [0.717, 1.165) is 42.9 Å². The largest absolute Gasteiger partial charge is 0.493 e. The van der Waals surface area contributed by atoms with Crippen LogP contribution in [0.2, 0.25) is 5.02 Å². The zero-order chi connectivity index (χ0) is 30.3. The molecule has 1 fully saturated rings. The van der Waals surface area contributed by atoms with E-state index in [9.17, 15) is 4.79 Å². The number of aromatic nitrogens is 2. The number of ether oxygens (including phenoxy) is 2. The predicted molar refractivity (Wildman–Crippen MR) is 173 cm³/mol. The summed E-state index contributed by atoms with van der Waals surface area (Å²) in [5, 5.41) is 0.251. The smallest absolute Gasteiger partial charge is 0.255 e. The van der Waals surface area contributed by atoms with Crippen LogP contribution >= 0.6 is 11.6 Å². The molecule has 43 heavy (non-hydrogen) atoms. The fourth-order valence-electron chi connectivity index (χ4n) is 5.88. The van der Waals surface area contributed by atoms with Gasteiger partial charge >= 0.3 is 0 Å². The molecule has 0 aliphatic carbocycles. The third-order valence-electron chi connectivity index (χ3n) is 8.33. The van der Waals surface area contributed by atoms with Gasteiger partial charge in [-0.2, -0.15) is 0 Å². The molecular formula is C35H43ClN4O3. The minimum Gasteiger partial charge on any atom is -0.493 e. The SMILES string of the molecule is COc1ccc(C(=O)N(CCC(C)C)Cc2nc3ccccc3n2Cc2ccccc2CN2CCCCC2)c(Cl)c1OC. The molecule has 8 heteroatoms. The van der Waals surface area contributed by atoms with Gasteiger partial charge in [0.2, 0.25) is 0 Å². The Balaban J connectivity index is 1.50. The number of para-hydroxylation sites is 2. The number of nitrogens with zero attached hydrogens (tertiary/aromatic N) is 4. The van der Waals surface area contributed by atoms with Crippen LogP contribution in [0.4, 0.5) is 0 Å². The fourth-order valence-corrected chi connectivity index (χ4v) is 6.19. The van der Waals surface area contributed by atoms with Crippen molar-refractivity contribution in [3.63, 3.8) is 0 Å². The Morgan fingerprint density at radius 1 is 0.930 bits per heavy atom. The van der Waals surface area contributed by atoms with Crippen LogP contribution < -0.4 is 9.47 Å². The summed E-state index contributed by atoms with van der Waals surface area (Å²) in [6.07, 6.45) is 4.71. The number of rotatable bonds is 12. The zero-order valence-corrected chi connectivity index (χ0v) is 26.6. The molecule has 4 aromatic rings. The van der Waals surface area contributed by atoms with Gasteiger partial charge in [-0.15, -0.1) is 0 Å². The topological polar surface area (TPSA) is 59.8 Å². The summed E-state index contributed by atoms with van der Waals surface area (Å²) in [7, 11) is 3.08. The molecule has 1 amide bonds. The highest BCUT2D eigenvalue weighted by Gasteiger charge is 2.25. The second-order valence-electron chi connectivity index (χ2n) is 11.8. The van der Waals surface area contributed by atoms with Gasteiger partial charge in [0.1, 0.15) is 5.82 Å². The Bertz CT molecular complexity index is 1540. The number of amides is 1. The van der Waals surface area contributed by atoms with Gasteiger partial charge in [-0.3, -0.25) is 9.69 Å². The first-order valence-electron chi connectivity index (χ1n) is 15.3. The molecule has 0 saturated carbocycles. The Morgan fingerprint density at radius 2 is 1.63 bits per heavy atom. The number of hydrogen-bond acceptors (Lipinski definition) is 5. The number of fused-ring (bicyclic) bond motifs is 1. The molecule has 0 radical (unpaired) electrons. The minimum absolute atomic E-state index is 0.157. The van der Waals surface area contributed by atoms with Crippen LogP contribution in [0.1, 0.15) is 66.8 Å². The van der Waals surface area contributed by atoms with Crippen LogP contribution in [-0.4, -0.2) is 59.1 Å². The summed E-state index contributed by atoms with van der Waals surface area (Å²) in [4.78, 5) is 23.6. The highest BCUT2D eigenvalue weighted by Crippen LogP contribution is 2.38.